The van der Waals surface area contributed by atoms with Crippen LogP contribution < -0.4 is 9.64 Å². The van der Waals surface area contributed by atoms with Crippen LogP contribution in [0.15, 0.2) is 67.3 Å². The zero-order valence-electron chi connectivity index (χ0n) is 12.6. The van der Waals surface area contributed by atoms with Crippen LogP contribution in [0.4, 0.5) is 5.69 Å². The molecule has 0 aromatic heterocycles. The molecule has 118 valence electrons. The Kier molecular flexibility index (Phi) is 4.07. The Labute approximate surface area is 138 Å². The van der Waals surface area contributed by atoms with E-state index < -0.39 is 17.8 Å². The lowest BCUT2D eigenvalue weighted by molar-refractivity contribution is -0.119. The summed E-state index contributed by atoms with van der Waals surface area (Å²) in [4.78, 5) is 36.4. The van der Waals surface area contributed by atoms with Gasteiger partial charge in [-0.2, -0.15) is 0 Å². The highest BCUT2D eigenvalue weighted by Gasteiger charge is 2.25. The first-order valence-electron chi connectivity index (χ1n) is 7.19. The molecule has 0 fully saturated rings. The molecule has 0 saturated heterocycles. The van der Waals surface area contributed by atoms with Gasteiger partial charge in [-0.1, -0.05) is 24.8 Å². The summed E-state index contributed by atoms with van der Waals surface area (Å²) >= 11 is 0. The lowest BCUT2D eigenvalue weighted by atomic mass is 10.2. The number of hydrogen-bond donors (Lipinski definition) is 0. The van der Waals surface area contributed by atoms with Crippen LogP contribution in [-0.2, 0) is 9.59 Å². The Morgan fingerprint density at radius 3 is 2.04 bits per heavy atom. The Morgan fingerprint density at radius 2 is 1.50 bits per heavy atom. The van der Waals surface area contributed by atoms with Gasteiger partial charge in [0, 0.05) is 12.2 Å². The molecule has 0 bridgehead atoms. The predicted octanol–water partition coefficient (Wildman–Crippen LogP) is 2.98. The number of rotatable bonds is 4. The van der Waals surface area contributed by atoms with Gasteiger partial charge in [-0.15, -0.1) is 0 Å². The van der Waals surface area contributed by atoms with Gasteiger partial charge in [0.25, 0.3) is 11.8 Å². The highest BCUT2D eigenvalue weighted by atomic mass is 16.5. The zero-order valence-corrected chi connectivity index (χ0v) is 12.6. The molecule has 0 atom stereocenters. The number of amides is 2. The zero-order chi connectivity index (χ0) is 17.1. The Hall–Kier alpha value is -3.47. The third-order valence-corrected chi connectivity index (χ3v) is 3.50. The number of anilines is 1. The summed E-state index contributed by atoms with van der Waals surface area (Å²) in [5, 5.41) is 0. The van der Waals surface area contributed by atoms with E-state index in [0.29, 0.717) is 17.0 Å². The van der Waals surface area contributed by atoms with E-state index in [1.54, 1.807) is 30.3 Å². The maximum atomic E-state index is 12.1. The molecule has 5 heteroatoms. The number of benzene rings is 2. The molecule has 2 aromatic rings. The van der Waals surface area contributed by atoms with Crippen molar-refractivity contribution in [3.05, 3.63) is 78.4 Å². The number of nitrogens with zero attached hydrogens (tertiary/aromatic N) is 1. The monoisotopic (exact) mass is 319 g/mol. The number of imide groups is 1. The smallest absolute Gasteiger partial charge is 0.343 e. The van der Waals surface area contributed by atoms with Gasteiger partial charge in [0.2, 0.25) is 0 Å². The van der Waals surface area contributed by atoms with E-state index in [1.807, 2.05) is 0 Å². The van der Waals surface area contributed by atoms with E-state index >= 15 is 0 Å². The number of ether oxygens (including phenoxy) is 1. The van der Waals surface area contributed by atoms with Crippen LogP contribution in [0.5, 0.6) is 5.75 Å². The summed E-state index contributed by atoms with van der Waals surface area (Å²) in [6.07, 6.45) is 4.11. The Bertz CT molecular complexity index is 830. The number of hydrogen-bond acceptors (Lipinski definition) is 4. The average molecular weight is 319 g/mol. The molecular weight excluding hydrogens is 306 g/mol. The minimum Gasteiger partial charge on any atom is -0.423 e. The highest BCUT2D eigenvalue weighted by molar-refractivity contribution is 6.28. The second kappa shape index (κ2) is 6.34. The van der Waals surface area contributed by atoms with Crippen molar-refractivity contribution in [3.63, 3.8) is 0 Å². The average Bonchev–Trinajstić information content (AvgIpc) is 2.94. The number of esters is 1. The second-order valence-electron chi connectivity index (χ2n) is 5.05. The van der Waals surface area contributed by atoms with Crippen LogP contribution in [0.3, 0.4) is 0 Å². The minimum absolute atomic E-state index is 0.318. The first-order valence-corrected chi connectivity index (χ1v) is 7.19. The van der Waals surface area contributed by atoms with Gasteiger partial charge in [0.1, 0.15) is 5.75 Å². The van der Waals surface area contributed by atoms with E-state index in [9.17, 15) is 14.4 Å². The van der Waals surface area contributed by atoms with Crippen molar-refractivity contribution in [1.29, 1.82) is 0 Å². The molecular formula is C19H13NO4. The van der Waals surface area contributed by atoms with Crippen molar-refractivity contribution in [2.75, 3.05) is 4.90 Å². The molecule has 1 heterocycles. The molecule has 24 heavy (non-hydrogen) atoms. The van der Waals surface area contributed by atoms with Gasteiger partial charge in [0.05, 0.1) is 11.3 Å². The Morgan fingerprint density at radius 1 is 0.917 bits per heavy atom. The van der Waals surface area contributed by atoms with Crippen LogP contribution >= 0.6 is 0 Å². The molecule has 3 rings (SSSR count). The molecule has 0 radical (unpaired) electrons. The fraction of sp³-hybridized carbons (Fsp3) is 0. The molecule has 0 spiro atoms. The molecule has 2 aromatic carbocycles. The van der Waals surface area contributed by atoms with Gasteiger partial charge < -0.3 is 4.74 Å². The summed E-state index contributed by atoms with van der Waals surface area (Å²) < 4.78 is 5.27. The maximum absolute atomic E-state index is 12.1. The van der Waals surface area contributed by atoms with Gasteiger partial charge in [0.15, 0.2) is 0 Å². The summed E-state index contributed by atoms with van der Waals surface area (Å²) in [6.45, 7) is 3.66. The first-order chi connectivity index (χ1) is 11.6. The van der Waals surface area contributed by atoms with E-state index in [2.05, 4.69) is 6.58 Å². The van der Waals surface area contributed by atoms with Crippen LogP contribution in [0, 0.1) is 0 Å². The fourth-order valence-electron chi connectivity index (χ4n) is 2.24. The van der Waals surface area contributed by atoms with Crippen molar-refractivity contribution in [2.45, 2.75) is 0 Å². The largest absolute Gasteiger partial charge is 0.423 e. The standard InChI is InChI=1S/C19H13NO4/c1-2-13-3-9-16(10-4-13)24-19(23)14-5-7-15(8-6-14)20-17(21)11-12-18(20)22/h2-12H,1H2. The third kappa shape index (κ3) is 3.01. The predicted molar refractivity (Wildman–Crippen MR) is 89.6 cm³/mol. The molecule has 0 unspecified atom stereocenters. The van der Waals surface area contributed by atoms with Crippen LogP contribution in [0.25, 0.3) is 6.08 Å². The van der Waals surface area contributed by atoms with Crippen LogP contribution in [0.1, 0.15) is 15.9 Å². The van der Waals surface area contributed by atoms with Crippen LogP contribution in [0.2, 0.25) is 0 Å². The first kappa shape index (κ1) is 15.4. The third-order valence-electron chi connectivity index (χ3n) is 3.50. The lowest BCUT2D eigenvalue weighted by Crippen LogP contribution is -2.29. The van der Waals surface area contributed by atoms with Gasteiger partial charge >= 0.3 is 5.97 Å². The van der Waals surface area contributed by atoms with Crippen molar-refractivity contribution < 1.29 is 19.1 Å². The van der Waals surface area contributed by atoms with E-state index in [-0.39, 0.29) is 0 Å². The quantitative estimate of drug-likeness (QED) is 0.494. The molecule has 0 N–H and O–H groups in total. The Balaban J connectivity index is 1.72. The molecule has 2 amide bonds. The summed E-state index contributed by atoms with van der Waals surface area (Å²) in [5.41, 5.74) is 1.65. The maximum Gasteiger partial charge on any atom is 0.343 e. The molecule has 0 aliphatic carbocycles. The molecule has 0 saturated carbocycles. The second-order valence-corrected chi connectivity index (χ2v) is 5.05. The van der Waals surface area contributed by atoms with Crippen molar-refractivity contribution in [2.24, 2.45) is 0 Å². The topological polar surface area (TPSA) is 63.7 Å². The van der Waals surface area contributed by atoms with Crippen LogP contribution in [-0.4, -0.2) is 17.8 Å². The number of carbonyl (C=O) groups is 3. The van der Waals surface area contributed by atoms with Crippen molar-refractivity contribution >= 4 is 29.5 Å². The van der Waals surface area contributed by atoms with Gasteiger partial charge in [-0.05, 0) is 42.0 Å². The van der Waals surface area contributed by atoms with E-state index in [4.69, 9.17) is 4.74 Å². The van der Waals surface area contributed by atoms with Crippen molar-refractivity contribution in [1.82, 2.24) is 0 Å². The van der Waals surface area contributed by atoms with E-state index in [0.717, 1.165) is 10.5 Å². The van der Waals surface area contributed by atoms with E-state index in [1.165, 1.54) is 36.4 Å². The number of carbonyl (C=O) groups excluding carboxylic acids is 3. The fourth-order valence-corrected chi connectivity index (χ4v) is 2.24. The summed E-state index contributed by atoms with van der Waals surface area (Å²) in [7, 11) is 0. The minimum atomic E-state index is -0.523. The van der Waals surface area contributed by atoms with Gasteiger partial charge in [-0.25, -0.2) is 9.69 Å². The normalized spacial score (nSPS) is 13.2. The highest BCUT2D eigenvalue weighted by Crippen LogP contribution is 2.20. The lowest BCUT2D eigenvalue weighted by Gasteiger charge is -2.14. The summed E-state index contributed by atoms with van der Waals surface area (Å²) in [6, 6.07) is 13.0. The van der Waals surface area contributed by atoms with Crippen molar-refractivity contribution in [3.8, 4) is 5.75 Å². The SMILES string of the molecule is C=Cc1ccc(OC(=O)c2ccc(N3C(=O)C=CC3=O)cc2)cc1. The molecule has 1 aliphatic rings. The summed E-state index contributed by atoms with van der Waals surface area (Å²) in [5.74, 6) is -0.913. The van der Waals surface area contributed by atoms with Gasteiger partial charge in [-0.3, -0.25) is 9.59 Å². The molecule has 5 nitrogen and oxygen atoms in total. The molecule has 1 aliphatic heterocycles.